The van der Waals surface area contributed by atoms with E-state index in [-0.39, 0.29) is 11.4 Å². The Hall–Kier alpha value is -2.47. The Bertz CT molecular complexity index is 602. The zero-order valence-corrected chi connectivity index (χ0v) is 11.8. The van der Waals surface area contributed by atoms with Crippen molar-refractivity contribution in [3.8, 4) is 5.75 Å². The topological polar surface area (TPSA) is 77.3 Å². The largest absolute Gasteiger partial charge is 0.490 e. The van der Waals surface area contributed by atoms with Crippen molar-refractivity contribution in [1.29, 1.82) is 0 Å². The van der Waals surface area contributed by atoms with Crippen molar-refractivity contribution in [2.45, 2.75) is 13.0 Å². The first-order valence-electron chi connectivity index (χ1n) is 6.61. The van der Waals surface area contributed by atoms with Crippen LogP contribution < -0.4 is 10.1 Å². The predicted octanol–water partition coefficient (Wildman–Crippen LogP) is 2.33. The van der Waals surface area contributed by atoms with Crippen molar-refractivity contribution in [1.82, 2.24) is 10.3 Å². The van der Waals surface area contributed by atoms with Crippen LogP contribution in [-0.2, 0) is 13.0 Å². The molecule has 1 aromatic carbocycles. The molecule has 0 aliphatic carbocycles. The fourth-order valence-electron chi connectivity index (χ4n) is 2.00. The Morgan fingerprint density at radius 1 is 1.24 bits per heavy atom. The van der Waals surface area contributed by atoms with Crippen LogP contribution in [0.3, 0.4) is 0 Å². The smallest absolute Gasteiger partial charge is 0.311 e. The minimum atomic E-state index is -0.431. The van der Waals surface area contributed by atoms with Gasteiger partial charge in [0.1, 0.15) is 0 Å². The van der Waals surface area contributed by atoms with E-state index in [9.17, 15) is 10.1 Å². The van der Waals surface area contributed by atoms with Crippen molar-refractivity contribution in [3.05, 3.63) is 64.0 Å². The summed E-state index contributed by atoms with van der Waals surface area (Å²) in [5, 5.41) is 14.2. The predicted molar refractivity (Wildman–Crippen MR) is 79.3 cm³/mol. The van der Waals surface area contributed by atoms with E-state index in [0.717, 1.165) is 18.5 Å². The summed E-state index contributed by atoms with van der Waals surface area (Å²) in [5.74, 6) is 0.278. The van der Waals surface area contributed by atoms with E-state index >= 15 is 0 Å². The molecule has 1 aromatic heterocycles. The molecule has 21 heavy (non-hydrogen) atoms. The summed E-state index contributed by atoms with van der Waals surface area (Å²) in [6.45, 7) is 1.37. The second-order valence-electron chi connectivity index (χ2n) is 4.55. The molecule has 0 aliphatic heterocycles. The molecule has 0 amide bonds. The third-order valence-corrected chi connectivity index (χ3v) is 3.11. The lowest BCUT2D eigenvalue weighted by molar-refractivity contribution is -0.385. The Morgan fingerprint density at radius 3 is 2.67 bits per heavy atom. The van der Waals surface area contributed by atoms with Crippen LogP contribution in [0, 0.1) is 10.1 Å². The maximum Gasteiger partial charge on any atom is 0.311 e. The van der Waals surface area contributed by atoms with Gasteiger partial charge in [0, 0.05) is 25.0 Å². The average molecular weight is 287 g/mol. The minimum Gasteiger partial charge on any atom is -0.490 e. The van der Waals surface area contributed by atoms with Gasteiger partial charge in [-0.2, -0.15) is 0 Å². The molecule has 1 N–H and O–H groups in total. The monoisotopic (exact) mass is 287 g/mol. The summed E-state index contributed by atoms with van der Waals surface area (Å²) in [6, 6.07) is 8.93. The van der Waals surface area contributed by atoms with Crippen LogP contribution in [0.4, 0.5) is 5.69 Å². The molecule has 2 aromatic rings. The molecule has 0 fully saturated rings. The summed E-state index contributed by atoms with van der Waals surface area (Å²) in [4.78, 5) is 14.5. The second-order valence-corrected chi connectivity index (χ2v) is 4.55. The van der Waals surface area contributed by atoms with Crippen LogP contribution in [0.5, 0.6) is 5.75 Å². The van der Waals surface area contributed by atoms with Gasteiger partial charge in [-0.1, -0.05) is 6.07 Å². The highest BCUT2D eigenvalue weighted by molar-refractivity contribution is 5.48. The average Bonchev–Trinajstić information content (AvgIpc) is 2.52. The van der Waals surface area contributed by atoms with Crippen LogP contribution >= 0.6 is 0 Å². The summed E-state index contributed by atoms with van der Waals surface area (Å²) >= 11 is 0. The molecule has 6 heteroatoms. The van der Waals surface area contributed by atoms with E-state index in [1.54, 1.807) is 18.5 Å². The minimum absolute atomic E-state index is 0.00839. The fourth-order valence-corrected chi connectivity index (χ4v) is 2.00. The molecule has 0 bridgehead atoms. The Morgan fingerprint density at radius 2 is 2.00 bits per heavy atom. The number of nitro benzene ring substituents is 1. The number of ether oxygens (including phenoxy) is 1. The molecule has 110 valence electrons. The highest BCUT2D eigenvalue weighted by Gasteiger charge is 2.14. The van der Waals surface area contributed by atoms with E-state index in [1.807, 2.05) is 18.2 Å². The van der Waals surface area contributed by atoms with Crippen molar-refractivity contribution in [2.24, 2.45) is 0 Å². The highest BCUT2D eigenvalue weighted by Crippen LogP contribution is 2.27. The Kier molecular flexibility index (Phi) is 5.22. The molecule has 0 atom stereocenters. The summed E-state index contributed by atoms with van der Waals surface area (Å²) < 4.78 is 4.98. The number of nitrogens with zero attached hydrogens (tertiary/aromatic N) is 2. The lowest BCUT2D eigenvalue weighted by Crippen LogP contribution is -2.16. The number of pyridine rings is 1. The van der Waals surface area contributed by atoms with E-state index in [0.29, 0.717) is 6.54 Å². The van der Waals surface area contributed by atoms with Crippen LogP contribution in [-0.4, -0.2) is 23.6 Å². The molecule has 6 nitrogen and oxygen atoms in total. The number of methoxy groups -OCH3 is 1. The molecular formula is C15H17N3O3. The number of hydrogen-bond acceptors (Lipinski definition) is 5. The maximum absolute atomic E-state index is 10.9. The number of hydrogen-bond donors (Lipinski definition) is 1. The van der Waals surface area contributed by atoms with Crippen molar-refractivity contribution < 1.29 is 9.66 Å². The van der Waals surface area contributed by atoms with Crippen molar-refractivity contribution in [3.63, 3.8) is 0 Å². The summed E-state index contributed by atoms with van der Waals surface area (Å²) in [5.41, 5.74) is 2.06. The van der Waals surface area contributed by atoms with Crippen molar-refractivity contribution in [2.75, 3.05) is 13.7 Å². The standard InChI is InChI=1S/C15H17N3O3/c1-21-15-3-2-13(10-14(15)18(19)20)11-17-9-6-12-4-7-16-8-5-12/h2-5,7-8,10,17H,6,9,11H2,1H3. The van der Waals surface area contributed by atoms with Gasteiger partial charge in [0.05, 0.1) is 12.0 Å². The van der Waals surface area contributed by atoms with E-state index in [2.05, 4.69) is 10.3 Å². The van der Waals surface area contributed by atoms with Crippen LogP contribution in [0.25, 0.3) is 0 Å². The number of nitro groups is 1. The van der Waals surface area contributed by atoms with Gasteiger partial charge in [-0.25, -0.2) is 0 Å². The molecule has 0 saturated carbocycles. The molecule has 0 unspecified atom stereocenters. The van der Waals surface area contributed by atoms with Gasteiger partial charge in [0.25, 0.3) is 0 Å². The van der Waals surface area contributed by atoms with Gasteiger partial charge in [-0.3, -0.25) is 15.1 Å². The summed E-state index contributed by atoms with van der Waals surface area (Å²) in [7, 11) is 1.43. The van der Waals surface area contributed by atoms with E-state index in [1.165, 1.54) is 18.7 Å². The molecule has 0 spiro atoms. The SMILES string of the molecule is COc1ccc(CNCCc2ccncc2)cc1[N+](=O)[O-]. The molecular weight excluding hydrogens is 270 g/mol. The zero-order chi connectivity index (χ0) is 15.1. The second kappa shape index (κ2) is 7.35. The van der Waals surface area contributed by atoms with Gasteiger partial charge in [-0.05, 0) is 42.3 Å². The molecule has 0 aliphatic rings. The quantitative estimate of drug-likeness (QED) is 0.480. The number of rotatable bonds is 7. The number of aromatic nitrogens is 1. The Balaban J connectivity index is 1.88. The first-order valence-corrected chi connectivity index (χ1v) is 6.61. The van der Waals surface area contributed by atoms with Crippen LogP contribution in [0.2, 0.25) is 0 Å². The normalized spacial score (nSPS) is 10.3. The van der Waals surface area contributed by atoms with Gasteiger partial charge in [0.2, 0.25) is 0 Å². The third-order valence-electron chi connectivity index (χ3n) is 3.11. The fraction of sp³-hybridized carbons (Fsp3) is 0.267. The van der Waals surface area contributed by atoms with E-state index < -0.39 is 4.92 Å². The number of benzene rings is 1. The first-order chi connectivity index (χ1) is 10.2. The molecule has 0 radical (unpaired) electrons. The summed E-state index contributed by atoms with van der Waals surface area (Å²) in [6.07, 6.45) is 4.42. The van der Waals surface area contributed by atoms with Crippen LogP contribution in [0.1, 0.15) is 11.1 Å². The lowest BCUT2D eigenvalue weighted by Gasteiger charge is -2.07. The van der Waals surface area contributed by atoms with Gasteiger partial charge in [-0.15, -0.1) is 0 Å². The zero-order valence-electron chi connectivity index (χ0n) is 11.8. The number of nitrogens with one attached hydrogen (secondary N) is 1. The lowest BCUT2D eigenvalue weighted by atomic mass is 10.1. The maximum atomic E-state index is 10.9. The van der Waals surface area contributed by atoms with E-state index in [4.69, 9.17) is 4.74 Å². The van der Waals surface area contributed by atoms with Gasteiger partial charge >= 0.3 is 5.69 Å². The van der Waals surface area contributed by atoms with Gasteiger partial charge < -0.3 is 10.1 Å². The molecule has 1 heterocycles. The third kappa shape index (κ3) is 4.25. The highest BCUT2D eigenvalue weighted by atomic mass is 16.6. The van der Waals surface area contributed by atoms with Crippen molar-refractivity contribution >= 4 is 5.69 Å². The van der Waals surface area contributed by atoms with Gasteiger partial charge in [0.15, 0.2) is 5.75 Å². The van der Waals surface area contributed by atoms with Crippen LogP contribution in [0.15, 0.2) is 42.7 Å². The molecule has 0 saturated heterocycles. The molecule has 2 rings (SSSR count). The first kappa shape index (κ1) is 14.9. The Labute approximate surface area is 122 Å².